The zero-order chi connectivity index (χ0) is 9.99. The summed E-state index contributed by atoms with van der Waals surface area (Å²) in [5, 5.41) is 9.11. The van der Waals surface area contributed by atoms with Crippen LogP contribution in [0.25, 0.3) is 0 Å². The van der Waals surface area contributed by atoms with E-state index < -0.39 is 11.5 Å². The third-order valence-electron chi connectivity index (χ3n) is 1.62. The Labute approximate surface area is 71.3 Å². The fraction of sp³-hybridized carbons (Fsp3) is 0.875. The van der Waals surface area contributed by atoms with Crippen LogP contribution in [0.15, 0.2) is 4.99 Å². The minimum absolute atomic E-state index is 0.303. The fourth-order valence-electron chi connectivity index (χ4n) is 0.779. The molecule has 0 saturated heterocycles. The summed E-state index contributed by atoms with van der Waals surface area (Å²) in [5.41, 5.74) is -2.37. The molecular formula is C8H15F2NO. The maximum Gasteiger partial charge on any atom is 0.312 e. The number of halogens is 2. The molecule has 0 aromatic rings. The van der Waals surface area contributed by atoms with Gasteiger partial charge < -0.3 is 5.11 Å². The monoisotopic (exact) mass is 179 g/mol. The van der Waals surface area contributed by atoms with Gasteiger partial charge >= 0.3 is 5.92 Å². The summed E-state index contributed by atoms with van der Waals surface area (Å²) in [7, 11) is 0. The highest BCUT2D eigenvalue weighted by atomic mass is 19.3. The van der Waals surface area contributed by atoms with Crippen LogP contribution in [-0.4, -0.2) is 28.9 Å². The molecule has 0 unspecified atom stereocenters. The van der Waals surface area contributed by atoms with E-state index >= 15 is 0 Å². The molecule has 0 atom stereocenters. The minimum atomic E-state index is -3.25. The van der Waals surface area contributed by atoms with Crippen LogP contribution in [-0.2, 0) is 0 Å². The van der Waals surface area contributed by atoms with E-state index in [-0.39, 0.29) is 5.71 Å². The van der Waals surface area contributed by atoms with Gasteiger partial charge in [0.1, 0.15) is 5.60 Å². The molecule has 0 rings (SSSR count). The average Bonchev–Trinajstić information content (AvgIpc) is 1.85. The lowest BCUT2D eigenvalue weighted by Gasteiger charge is -2.28. The molecule has 0 aromatic carbocycles. The van der Waals surface area contributed by atoms with Crippen LogP contribution in [0.3, 0.4) is 0 Å². The first-order valence-electron chi connectivity index (χ1n) is 3.85. The van der Waals surface area contributed by atoms with Gasteiger partial charge in [0.15, 0.2) is 0 Å². The van der Waals surface area contributed by atoms with Crippen molar-refractivity contribution in [1.82, 2.24) is 0 Å². The quantitative estimate of drug-likeness (QED) is 0.659. The average molecular weight is 179 g/mol. The van der Waals surface area contributed by atoms with Crippen molar-refractivity contribution >= 4 is 5.71 Å². The number of nitrogens with zero attached hydrogens (tertiary/aromatic N) is 1. The van der Waals surface area contributed by atoms with Gasteiger partial charge in [-0.25, -0.2) is 0 Å². The molecule has 0 aliphatic heterocycles. The largest absolute Gasteiger partial charge is 0.384 e. The smallest absolute Gasteiger partial charge is 0.312 e. The highest BCUT2D eigenvalue weighted by Gasteiger charge is 2.47. The Bertz CT molecular complexity index is 182. The second-order valence-electron chi connectivity index (χ2n) is 3.19. The summed E-state index contributed by atoms with van der Waals surface area (Å²) in [5.74, 6) is -3.25. The third kappa shape index (κ3) is 2.24. The van der Waals surface area contributed by atoms with Crippen molar-refractivity contribution in [3.05, 3.63) is 0 Å². The van der Waals surface area contributed by atoms with Gasteiger partial charge in [-0.1, -0.05) is 0 Å². The molecule has 0 bridgehead atoms. The Morgan fingerprint density at radius 1 is 1.42 bits per heavy atom. The zero-order valence-corrected chi connectivity index (χ0v) is 7.86. The highest BCUT2D eigenvalue weighted by Crippen LogP contribution is 2.29. The van der Waals surface area contributed by atoms with E-state index in [1.165, 1.54) is 6.92 Å². The molecule has 0 heterocycles. The van der Waals surface area contributed by atoms with Gasteiger partial charge in [0.2, 0.25) is 0 Å². The van der Waals surface area contributed by atoms with E-state index in [1.807, 2.05) is 0 Å². The lowest BCUT2D eigenvalue weighted by atomic mass is 9.97. The molecule has 4 heteroatoms. The van der Waals surface area contributed by atoms with Gasteiger partial charge in [0.05, 0.1) is 5.71 Å². The molecule has 1 N–H and O–H groups in total. The van der Waals surface area contributed by atoms with E-state index in [0.717, 1.165) is 13.8 Å². The first kappa shape index (κ1) is 11.5. The summed E-state index contributed by atoms with van der Waals surface area (Å²) in [6, 6.07) is 0. The Kier molecular flexibility index (Phi) is 3.33. The molecule has 0 fully saturated rings. The molecule has 0 radical (unpaired) electrons. The number of aliphatic hydroxyl groups is 1. The van der Waals surface area contributed by atoms with Crippen molar-refractivity contribution in [2.45, 2.75) is 39.2 Å². The molecule has 2 nitrogen and oxygen atoms in total. The van der Waals surface area contributed by atoms with Crippen LogP contribution in [0.1, 0.15) is 27.7 Å². The predicted octanol–water partition coefficient (Wildman–Crippen LogP) is 1.87. The third-order valence-corrected chi connectivity index (χ3v) is 1.62. The summed E-state index contributed by atoms with van der Waals surface area (Å²) in [6.45, 7) is 5.34. The summed E-state index contributed by atoms with van der Waals surface area (Å²) < 4.78 is 26.3. The standard InChI is InChI=1S/C8H15F2NO/c1-5-11-6(2)8(9,10)7(3,4)12/h12H,5H2,1-4H3. The first-order chi connectivity index (χ1) is 5.23. The summed E-state index contributed by atoms with van der Waals surface area (Å²) in [4.78, 5) is 3.57. The van der Waals surface area contributed by atoms with Gasteiger partial charge in [-0.2, -0.15) is 8.78 Å². The number of hydrogen-bond donors (Lipinski definition) is 1. The van der Waals surface area contributed by atoms with E-state index in [9.17, 15) is 8.78 Å². The van der Waals surface area contributed by atoms with Gasteiger partial charge in [-0.3, -0.25) is 4.99 Å². The van der Waals surface area contributed by atoms with Crippen LogP contribution < -0.4 is 0 Å². The number of alkyl halides is 2. The van der Waals surface area contributed by atoms with Crippen LogP contribution in [0.2, 0.25) is 0 Å². The molecule has 12 heavy (non-hydrogen) atoms. The summed E-state index contributed by atoms with van der Waals surface area (Å²) in [6.07, 6.45) is 0. The van der Waals surface area contributed by atoms with Crippen molar-refractivity contribution < 1.29 is 13.9 Å². The van der Waals surface area contributed by atoms with Gasteiger partial charge in [-0.05, 0) is 27.7 Å². The van der Waals surface area contributed by atoms with Crippen molar-refractivity contribution in [3.8, 4) is 0 Å². The summed E-state index contributed by atoms with van der Waals surface area (Å²) >= 11 is 0. The van der Waals surface area contributed by atoms with Crippen molar-refractivity contribution in [2.24, 2.45) is 4.99 Å². The molecule has 0 aromatic heterocycles. The second kappa shape index (κ2) is 3.47. The maximum atomic E-state index is 13.1. The highest BCUT2D eigenvalue weighted by molar-refractivity contribution is 5.90. The molecule has 0 spiro atoms. The van der Waals surface area contributed by atoms with E-state index in [0.29, 0.717) is 6.54 Å². The Morgan fingerprint density at radius 3 is 2.08 bits per heavy atom. The van der Waals surface area contributed by atoms with Gasteiger partial charge in [0, 0.05) is 6.54 Å². The van der Waals surface area contributed by atoms with Crippen molar-refractivity contribution in [1.29, 1.82) is 0 Å². The number of aliphatic imine (C=N–C) groups is 1. The molecule has 0 aliphatic rings. The fourth-order valence-corrected chi connectivity index (χ4v) is 0.779. The maximum absolute atomic E-state index is 13.1. The minimum Gasteiger partial charge on any atom is -0.384 e. The lowest BCUT2D eigenvalue weighted by molar-refractivity contribution is -0.113. The Balaban J connectivity index is 4.73. The normalized spacial score (nSPS) is 15.1. The predicted molar refractivity (Wildman–Crippen MR) is 44.9 cm³/mol. The van der Waals surface area contributed by atoms with Crippen molar-refractivity contribution in [2.75, 3.05) is 6.54 Å². The lowest BCUT2D eigenvalue weighted by Crippen LogP contribution is -2.48. The SMILES string of the molecule is CCN=C(C)C(F)(F)C(C)(C)O. The Hall–Kier alpha value is -0.510. The topological polar surface area (TPSA) is 32.6 Å². The van der Waals surface area contributed by atoms with Crippen LogP contribution in [0, 0.1) is 0 Å². The number of rotatable bonds is 3. The molecule has 0 amide bonds. The van der Waals surface area contributed by atoms with E-state index in [1.54, 1.807) is 6.92 Å². The van der Waals surface area contributed by atoms with E-state index in [2.05, 4.69) is 4.99 Å². The number of hydrogen-bond acceptors (Lipinski definition) is 2. The van der Waals surface area contributed by atoms with Crippen LogP contribution in [0.4, 0.5) is 8.78 Å². The first-order valence-corrected chi connectivity index (χ1v) is 3.85. The zero-order valence-electron chi connectivity index (χ0n) is 7.86. The second-order valence-corrected chi connectivity index (χ2v) is 3.19. The van der Waals surface area contributed by atoms with E-state index in [4.69, 9.17) is 5.11 Å². The Morgan fingerprint density at radius 2 is 1.83 bits per heavy atom. The molecule has 0 saturated carbocycles. The molecule has 72 valence electrons. The van der Waals surface area contributed by atoms with Crippen molar-refractivity contribution in [3.63, 3.8) is 0 Å². The molecule has 0 aliphatic carbocycles. The van der Waals surface area contributed by atoms with Crippen LogP contribution in [0.5, 0.6) is 0 Å². The molecular weight excluding hydrogens is 164 g/mol. The van der Waals surface area contributed by atoms with Gasteiger partial charge in [-0.15, -0.1) is 0 Å². The van der Waals surface area contributed by atoms with Crippen LogP contribution >= 0.6 is 0 Å². The van der Waals surface area contributed by atoms with Gasteiger partial charge in [0.25, 0.3) is 0 Å².